The average molecular weight is 1740 g/mol. The number of hydrogen-bond donors (Lipinski definition) is 5. The van der Waals surface area contributed by atoms with E-state index < -0.39 is 43.9 Å². The summed E-state index contributed by atoms with van der Waals surface area (Å²) < 4.78 is 27.1. The predicted molar refractivity (Wildman–Crippen MR) is 379 cm³/mol. The van der Waals surface area contributed by atoms with Crippen molar-refractivity contribution in [2.45, 2.75) is 40.5 Å². The second-order valence-electron chi connectivity index (χ2n) is 18.8. The molecule has 6 aromatic heterocycles. The van der Waals surface area contributed by atoms with E-state index in [1.54, 1.807) is 94.5 Å². The van der Waals surface area contributed by atoms with Crippen molar-refractivity contribution >= 4 is 68.4 Å². The molecule has 512 valence electrons. The zero-order chi connectivity index (χ0) is 70.4. The van der Waals surface area contributed by atoms with Gasteiger partial charge in [-0.3, -0.25) is 52.4 Å². The summed E-state index contributed by atoms with van der Waals surface area (Å²) in [4.78, 5) is 129. The summed E-state index contributed by atoms with van der Waals surface area (Å²) in [7, 11) is 6.31. The Kier molecular flexibility index (Phi) is 38.5. The molecule has 29 nitrogen and oxygen atoms in total. The summed E-state index contributed by atoms with van der Waals surface area (Å²) in [5.74, 6) is 9.75. The maximum atomic E-state index is 13.5. The van der Waals surface area contributed by atoms with Gasteiger partial charge in [-0.15, -0.1) is 6.42 Å². The van der Waals surface area contributed by atoms with Crippen LogP contribution in [-0.4, -0.2) is 98.2 Å². The van der Waals surface area contributed by atoms with E-state index in [9.17, 15) is 58.6 Å². The number of nitro groups is 2. The number of aliphatic hydroxyl groups is 1. The molecule has 0 radical (unpaired) electrons. The van der Waals surface area contributed by atoms with Gasteiger partial charge in [0.05, 0.1) is 62.0 Å². The van der Waals surface area contributed by atoms with Gasteiger partial charge >= 0.3 is 85.8 Å². The number of nitrogens with zero attached hydrogens (tertiary/aromatic N) is 8. The van der Waals surface area contributed by atoms with Crippen LogP contribution in [0.5, 0.6) is 23.0 Å². The van der Waals surface area contributed by atoms with E-state index in [-0.39, 0.29) is 154 Å². The van der Waals surface area contributed by atoms with Crippen LogP contribution in [0.3, 0.4) is 0 Å². The molecule has 99 heavy (non-hydrogen) atoms. The molecule has 0 spiro atoms. The van der Waals surface area contributed by atoms with Crippen molar-refractivity contribution in [3.63, 3.8) is 0 Å². The molecule has 0 amide bonds. The average Bonchev–Trinajstić information content (AvgIpc) is 0.804. The number of halogens is 4. The molecule has 4 aromatic carbocycles. The van der Waals surface area contributed by atoms with Gasteiger partial charge in [-0.1, -0.05) is 79.4 Å². The van der Waals surface area contributed by atoms with Crippen LogP contribution in [-0.2, 0) is 26.2 Å². The molecule has 0 fully saturated rings. The number of nitrogens with one attached hydrogen (secondary N) is 4. The van der Waals surface area contributed by atoms with E-state index in [4.69, 9.17) is 42.1 Å². The molecular formula is C65H61ClI3KN12O17. The van der Waals surface area contributed by atoms with E-state index in [1.165, 1.54) is 57.9 Å². The van der Waals surface area contributed by atoms with Crippen LogP contribution in [0.1, 0.15) is 53.4 Å². The number of rotatable bonds is 14. The smallest absolute Gasteiger partial charge is 1.00 e. The Morgan fingerprint density at radius 1 is 0.535 bits per heavy atom. The fourth-order valence-electron chi connectivity index (χ4n) is 7.85. The number of pyridine rings is 2. The molecule has 0 aliphatic carbocycles. The maximum Gasteiger partial charge on any atom is 1.00 e. The monoisotopic (exact) mass is 1740 g/mol. The zero-order valence-electron chi connectivity index (χ0n) is 52.7. The van der Waals surface area contributed by atoms with Crippen molar-refractivity contribution < 1.29 is 109 Å². The van der Waals surface area contributed by atoms with E-state index >= 15 is 0 Å². The van der Waals surface area contributed by atoms with Gasteiger partial charge in [0, 0.05) is 30.9 Å². The number of hydrogen-bond acceptors (Lipinski definition) is 19. The van der Waals surface area contributed by atoms with Crippen molar-refractivity contribution in [2.75, 3.05) is 35.0 Å². The molecule has 0 saturated carbocycles. The van der Waals surface area contributed by atoms with Gasteiger partial charge in [-0.2, -0.15) is 0 Å². The Morgan fingerprint density at radius 2 is 0.889 bits per heavy atom. The van der Waals surface area contributed by atoms with Crippen molar-refractivity contribution in [1.82, 2.24) is 48.2 Å². The van der Waals surface area contributed by atoms with Gasteiger partial charge in [0.1, 0.15) is 57.4 Å². The van der Waals surface area contributed by atoms with Crippen LogP contribution in [0.15, 0.2) is 196 Å². The molecule has 0 atom stereocenters. The molecule has 0 saturated heterocycles. The van der Waals surface area contributed by atoms with Crippen LogP contribution in [0.2, 0.25) is 5.15 Å². The Labute approximate surface area is 654 Å². The fraction of sp³-hybridized carbons (Fsp3) is 0.169. The number of terminal acetylenes is 1. The Balaban J connectivity index is 0.000000465. The van der Waals surface area contributed by atoms with Crippen LogP contribution in [0.25, 0.3) is 0 Å². The number of H-pyrrole nitrogens is 4. The second-order valence-corrected chi connectivity index (χ2v) is 21.5. The largest absolute Gasteiger partial charge is 1.00 e. The molecule has 0 bridgehead atoms. The summed E-state index contributed by atoms with van der Waals surface area (Å²) >= 11 is 9.15. The minimum atomic E-state index is -0.638. The van der Waals surface area contributed by atoms with E-state index in [0.29, 0.717) is 25.4 Å². The van der Waals surface area contributed by atoms with E-state index in [2.05, 4.69) is 37.7 Å². The third kappa shape index (κ3) is 27.7. The first kappa shape index (κ1) is 86.2. The molecule has 34 heteroatoms. The van der Waals surface area contributed by atoms with Crippen LogP contribution >= 0.6 is 56.8 Å². The first-order chi connectivity index (χ1) is 45.9. The predicted octanol–water partition coefficient (Wildman–Crippen LogP) is 0.553. The van der Waals surface area contributed by atoms with E-state index in [0.717, 1.165) is 44.4 Å². The quantitative estimate of drug-likeness (QED) is 0.0248. The van der Waals surface area contributed by atoms with Crippen molar-refractivity contribution in [3.05, 3.63) is 313 Å². The summed E-state index contributed by atoms with van der Waals surface area (Å²) in [6, 6.07) is 40.1. The van der Waals surface area contributed by atoms with Gasteiger partial charge in [-0.25, -0.2) is 19.2 Å². The SMILES string of the molecule is C.C#Cc1cccnc1[N+](=O)[O-].CCO.COc1ccc(Cn2c(C#Cc3cccnc3[N+](=O)[O-])cc(=O)n(Cc3ccc(OC)cc3)c2=O)cc1.COc1ccc(Cn2c(I)cc(=O)n(Cc3ccc(OC)cc3)c2=O)cc1.O=c1cc(Cl)[nH]c(=O)[nH]1.O=c1cc(I)[nH]c(=O)[nH]1.[I-].[K+]. The van der Waals surface area contributed by atoms with Gasteiger partial charge in [-0.05, 0) is 173 Å². The van der Waals surface area contributed by atoms with Crippen molar-refractivity contribution in [3.8, 4) is 47.2 Å². The fourth-order valence-corrected chi connectivity index (χ4v) is 9.21. The molecule has 10 rings (SSSR count). The van der Waals surface area contributed by atoms with E-state index in [1.807, 2.05) is 104 Å². The van der Waals surface area contributed by atoms with Crippen LogP contribution in [0.4, 0.5) is 11.6 Å². The Bertz CT molecular complexity index is 4810. The third-order valence-corrected chi connectivity index (χ3v) is 14.0. The molecule has 0 unspecified atom stereocenters. The molecule has 5 N–H and O–H groups in total. The number of ether oxygens (including phenoxy) is 4. The minimum absolute atomic E-state index is 0. The first-order valence-corrected chi connectivity index (χ1v) is 30.1. The minimum Gasteiger partial charge on any atom is -1.00 e. The van der Waals surface area contributed by atoms with Gasteiger partial charge in [0.2, 0.25) is 0 Å². The number of benzene rings is 4. The number of aromatic amines is 4. The summed E-state index contributed by atoms with van der Waals surface area (Å²) in [5, 5.41) is 29.2. The van der Waals surface area contributed by atoms with Gasteiger partial charge in [0.25, 0.3) is 22.2 Å². The van der Waals surface area contributed by atoms with Crippen molar-refractivity contribution in [1.29, 1.82) is 0 Å². The molecule has 0 aliphatic rings. The summed E-state index contributed by atoms with van der Waals surface area (Å²) in [6.45, 7) is 2.68. The summed E-state index contributed by atoms with van der Waals surface area (Å²) in [6.07, 6.45) is 7.62. The zero-order valence-corrected chi connectivity index (χ0v) is 63.0. The maximum absolute atomic E-state index is 13.5. The standard InChI is InChI=1S/C27H22N4O6.C20H19IN2O4.C7H4N2O2.C4H3ClN2O2.C4H3IN2O2.C2H6O.CH4.HI.K/c1-36-23-11-5-19(6-12-23)17-29-22(10-9-21-4-3-15-28-26(21)31(34)35)16-25(32)30(27(29)33)18-20-7-13-24(37-2)14-8-20;1-26-16-7-3-14(4-8-16)12-22-18(21)11-19(24)23(20(22)25)13-15-5-9-17(27-2)10-6-15;1-2-6-4-3-5-8-7(6)9(10)11;2*5-2-1-3(8)7-4(9)6-2;1-2-3;;;/h3-8,11-16H,17-18H2,1-2H3;3-11H,12-13H2,1-2H3;1,3-5H;2*1H,(H2,6,7,8,9);3H,2H2,1H3;1H4;1H;/q;;;;;;;;+1/p-1. The first-order valence-electron chi connectivity index (χ1n) is 27.6. The summed E-state index contributed by atoms with van der Waals surface area (Å²) in [5.41, 5.74) is 0.0224. The molecular weight excluding hydrogens is 1680 g/mol. The van der Waals surface area contributed by atoms with Gasteiger partial charge < -0.3 is 73.2 Å². The Morgan fingerprint density at radius 3 is 1.24 bits per heavy atom. The number of aromatic nitrogens is 10. The molecule has 6 heterocycles. The topological polar surface area (TPSA) is 389 Å². The number of methoxy groups -OCH3 is 4. The molecule has 0 aliphatic heterocycles. The third-order valence-electron chi connectivity index (χ3n) is 12.4. The Hall–Kier alpha value is -8.90. The van der Waals surface area contributed by atoms with Crippen LogP contribution in [0, 0.1) is 51.8 Å². The van der Waals surface area contributed by atoms with Crippen molar-refractivity contribution in [2.24, 2.45) is 0 Å². The normalized spacial score (nSPS) is 9.62. The number of aliphatic hydroxyl groups excluding tert-OH is 1. The van der Waals surface area contributed by atoms with Crippen LogP contribution < -0.4 is 139 Å². The molecule has 10 aromatic rings. The van der Waals surface area contributed by atoms with Gasteiger partial charge in [0.15, 0.2) is 0 Å². The second kappa shape index (κ2) is 44.2.